The van der Waals surface area contributed by atoms with Gasteiger partial charge in [-0.2, -0.15) is 5.10 Å². The van der Waals surface area contributed by atoms with Crippen LogP contribution in [0.1, 0.15) is 30.4 Å². The molecule has 6 heteroatoms. The lowest BCUT2D eigenvalue weighted by Gasteiger charge is -2.46. The average molecular weight is 278 g/mol. The smallest absolute Gasteiger partial charge is 0.203 e. The number of ether oxygens (including phenoxy) is 1. The first-order chi connectivity index (χ1) is 9.61. The molecule has 0 N–H and O–H groups in total. The standard InChI is InChI=1S/C14H22N4O2/c1-10(2)18-13(12(20-3)8-15-18)14(19)11-9-16-4-6-17(11)7-5-16/h8,10-11H,4-7,9H2,1-3H3. The Kier molecular flexibility index (Phi) is 3.52. The van der Waals surface area contributed by atoms with E-state index in [1.165, 1.54) is 0 Å². The van der Waals surface area contributed by atoms with E-state index in [0.29, 0.717) is 11.4 Å². The van der Waals surface area contributed by atoms with E-state index in [-0.39, 0.29) is 17.9 Å². The molecule has 1 aromatic rings. The third-order valence-electron chi connectivity index (χ3n) is 4.29. The lowest BCUT2D eigenvalue weighted by molar-refractivity contribution is 0.0151. The molecule has 3 aliphatic heterocycles. The second-order valence-electron chi connectivity index (χ2n) is 5.82. The van der Waals surface area contributed by atoms with Crippen LogP contribution in [0.3, 0.4) is 0 Å². The summed E-state index contributed by atoms with van der Waals surface area (Å²) in [6.45, 7) is 8.99. The van der Waals surface area contributed by atoms with Crippen molar-refractivity contribution in [2.24, 2.45) is 0 Å². The molecule has 0 aromatic carbocycles. The van der Waals surface area contributed by atoms with Gasteiger partial charge in [-0.15, -0.1) is 0 Å². The molecule has 0 saturated carbocycles. The van der Waals surface area contributed by atoms with Crippen molar-refractivity contribution < 1.29 is 9.53 Å². The highest BCUT2D eigenvalue weighted by molar-refractivity contribution is 6.01. The van der Waals surface area contributed by atoms with Gasteiger partial charge in [-0.1, -0.05) is 0 Å². The van der Waals surface area contributed by atoms with Gasteiger partial charge >= 0.3 is 0 Å². The molecule has 3 aliphatic rings. The Hall–Kier alpha value is -1.40. The van der Waals surface area contributed by atoms with Crippen molar-refractivity contribution in [3.8, 4) is 5.75 Å². The van der Waals surface area contributed by atoms with Crippen LogP contribution in [0.5, 0.6) is 5.75 Å². The Morgan fingerprint density at radius 2 is 2.05 bits per heavy atom. The fraction of sp³-hybridized carbons (Fsp3) is 0.714. The third-order valence-corrected chi connectivity index (χ3v) is 4.29. The van der Waals surface area contributed by atoms with Crippen LogP contribution >= 0.6 is 0 Å². The third kappa shape index (κ3) is 2.13. The van der Waals surface area contributed by atoms with Gasteiger partial charge in [0.1, 0.15) is 5.69 Å². The Bertz CT molecular complexity index is 503. The number of aromatic nitrogens is 2. The maximum absolute atomic E-state index is 12.9. The summed E-state index contributed by atoms with van der Waals surface area (Å²) < 4.78 is 7.11. The summed E-state index contributed by atoms with van der Waals surface area (Å²) in [5, 5.41) is 4.30. The van der Waals surface area contributed by atoms with Gasteiger partial charge in [0.2, 0.25) is 5.78 Å². The fourth-order valence-corrected chi connectivity index (χ4v) is 3.15. The minimum Gasteiger partial charge on any atom is -0.493 e. The van der Waals surface area contributed by atoms with E-state index in [9.17, 15) is 4.79 Å². The summed E-state index contributed by atoms with van der Waals surface area (Å²) in [6, 6.07) is 0.0922. The highest BCUT2D eigenvalue weighted by atomic mass is 16.5. The van der Waals surface area contributed by atoms with Gasteiger partial charge in [0.25, 0.3) is 0 Å². The molecule has 20 heavy (non-hydrogen) atoms. The van der Waals surface area contributed by atoms with Crippen molar-refractivity contribution >= 4 is 5.78 Å². The van der Waals surface area contributed by atoms with Crippen LogP contribution in [0.4, 0.5) is 0 Å². The molecule has 1 atom stereocenters. The van der Waals surface area contributed by atoms with Crippen molar-refractivity contribution in [2.45, 2.75) is 25.9 Å². The van der Waals surface area contributed by atoms with Crippen molar-refractivity contribution in [3.05, 3.63) is 11.9 Å². The van der Waals surface area contributed by atoms with E-state index >= 15 is 0 Å². The van der Waals surface area contributed by atoms with Crippen molar-refractivity contribution in [2.75, 3.05) is 39.8 Å². The van der Waals surface area contributed by atoms with Crippen LogP contribution in [0, 0.1) is 0 Å². The van der Waals surface area contributed by atoms with Crippen LogP contribution in [0.2, 0.25) is 0 Å². The first kappa shape index (κ1) is 13.6. The zero-order chi connectivity index (χ0) is 14.3. The maximum atomic E-state index is 12.9. The van der Waals surface area contributed by atoms with Crippen molar-refractivity contribution in [1.82, 2.24) is 19.6 Å². The topological polar surface area (TPSA) is 50.6 Å². The molecule has 4 heterocycles. The Balaban J connectivity index is 1.92. The summed E-state index contributed by atoms with van der Waals surface area (Å²) in [5.74, 6) is 0.721. The number of hydrogen-bond acceptors (Lipinski definition) is 5. The largest absolute Gasteiger partial charge is 0.493 e. The van der Waals surface area contributed by atoms with Crippen LogP contribution in [0.25, 0.3) is 0 Å². The molecule has 3 saturated heterocycles. The van der Waals surface area contributed by atoms with E-state index < -0.39 is 0 Å². The molecule has 110 valence electrons. The van der Waals surface area contributed by atoms with Crippen LogP contribution < -0.4 is 4.74 Å². The van der Waals surface area contributed by atoms with Gasteiger partial charge in [0.05, 0.1) is 19.3 Å². The van der Waals surface area contributed by atoms with E-state index in [4.69, 9.17) is 4.74 Å². The molecule has 3 fully saturated rings. The minimum atomic E-state index is -0.0550. The zero-order valence-electron chi connectivity index (χ0n) is 12.4. The van der Waals surface area contributed by atoms with Crippen LogP contribution in [-0.2, 0) is 0 Å². The molecular weight excluding hydrogens is 256 g/mol. The summed E-state index contributed by atoms with van der Waals surface area (Å²) in [4.78, 5) is 17.6. The molecule has 0 amide bonds. The Labute approximate surface area is 119 Å². The number of Topliss-reactive ketones (excluding diaryl/α,β-unsaturated/α-hetero) is 1. The Morgan fingerprint density at radius 1 is 1.35 bits per heavy atom. The monoisotopic (exact) mass is 278 g/mol. The molecule has 0 aliphatic carbocycles. The van der Waals surface area contributed by atoms with Gasteiger partial charge in [-0.3, -0.25) is 19.3 Å². The molecule has 6 nitrogen and oxygen atoms in total. The number of ketones is 1. The number of hydrogen-bond donors (Lipinski definition) is 0. The number of methoxy groups -OCH3 is 1. The second kappa shape index (κ2) is 5.18. The number of fused-ring (bicyclic) bond motifs is 3. The number of carbonyl (C=O) groups excluding carboxylic acids is 1. The zero-order valence-corrected chi connectivity index (χ0v) is 12.4. The van der Waals surface area contributed by atoms with Crippen molar-refractivity contribution in [1.29, 1.82) is 0 Å². The van der Waals surface area contributed by atoms with Crippen LogP contribution in [0.15, 0.2) is 6.20 Å². The first-order valence-electron chi connectivity index (χ1n) is 7.24. The molecule has 2 bridgehead atoms. The number of piperazine rings is 3. The van der Waals surface area contributed by atoms with Gasteiger partial charge in [0, 0.05) is 38.8 Å². The van der Waals surface area contributed by atoms with E-state index in [1.807, 2.05) is 13.8 Å². The molecule has 4 rings (SSSR count). The first-order valence-corrected chi connectivity index (χ1v) is 7.24. The normalized spacial score (nSPS) is 28.9. The molecule has 0 spiro atoms. The highest BCUT2D eigenvalue weighted by Crippen LogP contribution is 2.26. The Morgan fingerprint density at radius 3 is 2.55 bits per heavy atom. The van der Waals surface area contributed by atoms with Gasteiger partial charge in [-0.05, 0) is 13.8 Å². The SMILES string of the molecule is COc1cnn(C(C)C)c1C(=O)C1CN2CCN1CC2. The highest BCUT2D eigenvalue weighted by Gasteiger charge is 2.39. The quantitative estimate of drug-likeness (QED) is 0.757. The molecule has 0 radical (unpaired) electrons. The molecule has 1 unspecified atom stereocenters. The lowest BCUT2D eigenvalue weighted by Crippen LogP contribution is -2.63. The number of nitrogens with zero attached hydrogens (tertiary/aromatic N) is 4. The minimum absolute atomic E-state index is 0.0550. The number of rotatable bonds is 4. The lowest BCUT2D eigenvalue weighted by atomic mass is 10.0. The summed E-state index contributed by atoms with van der Waals surface area (Å²) >= 11 is 0. The van der Waals surface area contributed by atoms with Gasteiger partial charge in [0.15, 0.2) is 5.75 Å². The summed E-state index contributed by atoms with van der Waals surface area (Å²) in [6.07, 6.45) is 1.64. The predicted octanol–water partition coefficient (Wildman–Crippen LogP) is 0.655. The van der Waals surface area contributed by atoms with E-state index in [1.54, 1.807) is 18.0 Å². The fourth-order valence-electron chi connectivity index (χ4n) is 3.15. The van der Waals surface area contributed by atoms with Crippen LogP contribution in [-0.4, -0.2) is 71.2 Å². The maximum Gasteiger partial charge on any atom is 0.203 e. The number of carbonyl (C=O) groups is 1. The molecular formula is C14H22N4O2. The summed E-state index contributed by atoms with van der Waals surface area (Å²) in [5.41, 5.74) is 0.612. The second-order valence-corrected chi connectivity index (χ2v) is 5.82. The predicted molar refractivity (Wildman–Crippen MR) is 75.3 cm³/mol. The van der Waals surface area contributed by atoms with Gasteiger partial charge < -0.3 is 4.74 Å². The van der Waals surface area contributed by atoms with E-state index in [2.05, 4.69) is 14.9 Å². The molecule has 1 aromatic heterocycles. The average Bonchev–Trinajstić information content (AvgIpc) is 2.91. The summed E-state index contributed by atoms with van der Waals surface area (Å²) in [7, 11) is 1.59. The van der Waals surface area contributed by atoms with Gasteiger partial charge in [-0.25, -0.2) is 0 Å². The van der Waals surface area contributed by atoms with Crippen molar-refractivity contribution in [3.63, 3.8) is 0 Å². The van der Waals surface area contributed by atoms with E-state index in [0.717, 1.165) is 32.7 Å².